The van der Waals surface area contributed by atoms with E-state index in [2.05, 4.69) is 15.2 Å². The van der Waals surface area contributed by atoms with Gasteiger partial charge in [-0.1, -0.05) is 0 Å². The average Bonchev–Trinajstić information content (AvgIpc) is 2.84. The fourth-order valence-corrected chi connectivity index (χ4v) is 3.36. The van der Waals surface area contributed by atoms with Crippen LogP contribution in [0.25, 0.3) is 0 Å². The zero-order valence-corrected chi connectivity index (χ0v) is 13.1. The van der Waals surface area contributed by atoms with Gasteiger partial charge in [-0.3, -0.25) is 14.5 Å². The normalized spacial score (nSPS) is 24.0. The first kappa shape index (κ1) is 15.1. The van der Waals surface area contributed by atoms with E-state index in [-0.39, 0.29) is 17.9 Å². The zero-order chi connectivity index (χ0) is 15.5. The SMILES string of the molecule is Cc1[nH]ccc1C(=O)N1CCN(C2CCCCNC2=O)CC1. The molecule has 0 saturated carbocycles. The molecule has 22 heavy (non-hydrogen) atoms. The van der Waals surface area contributed by atoms with Crippen molar-refractivity contribution < 1.29 is 9.59 Å². The van der Waals surface area contributed by atoms with Crippen molar-refractivity contribution in [3.05, 3.63) is 23.5 Å². The Balaban J connectivity index is 1.59. The second-order valence-electron chi connectivity index (χ2n) is 6.15. The van der Waals surface area contributed by atoms with Crippen molar-refractivity contribution in [3.63, 3.8) is 0 Å². The number of nitrogens with one attached hydrogen (secondary N) is 2. The zero-order valence-electron chi connectivity index (χ0n) is 13.1. The largest absolute Gasteiger partial charge is 0.365 e. The van der Waals surface area contributed by atoms with Gasteiger partial charge in [0, 0.05) is 44.6 Å². The highest BCUT2D eigenvalue weighted by atomic mass is 16.2. The van der Waals surface area contributed by atoms with Crippen LogP contribution in [0.2, 0.25) is 0 Å². The molecule has 0 aliphatic carbocycles. The lowest BCUT2D eigenvalue weighted by Gasteiger charge is -2.38. The molecule has 120 valence electrons. The van der Waals surface area contributed by atoms with Gasteiger partial charge in [0.05, 0.1) is 11.6 Å². The summed E-state index contributed by atoms with van der Waals surface area (Å²) in [5, 5.41) is 2.99. The van der Waals surface area contributed by atoms with Gasteiger partial charge in [-0.15, -0.1) is 0 Å². The van der Waals surface area contributed by atoms with E-state index in [1.807, 2.05) is 17.9 Å². The Hall–Kier alpha value is -1.82. The molecule has 2 aliphatic heterocycles. The number of aromatic nitrogens is 1. The fraction of sp³-hybridized carbons (Fsp3) is 0.625. The van der Waals surface area contributed by atoms with Crippen LogP contribution < -0.4 is 5.32 Å². The molecule has 2 N–H and O–H groups in total. The monoisotopic (exact) mass is 304 g/mol. The van der Waals surface area contributed by atoms with Gasteiger partial charge < -0.3 is 15.2 Å². The Morgan fingerprint density at radius 3 is 2.68 bits per heavy atom. The van der Waals surface area contributed by atoms with E-state index in [0.29, 0.717) is 13.1 Å². The summed E-state index contributed by atoms with van der Waals surface area (Å²) >= 11 is 0. The summed E-state index contributed by atoms with van der Waals surface area (Å²) in [5.41, 5.74) is 1.66. The van der Waals surface area contributed by atoms with Crippen molar-refractivity contribution in [2.24, 2.45) is 0 Å². The van der Waals surface area contributed by atoms with Crippen molar-refractivity contribution in [1.29, 1.82) is 0 Å². The molecule has 0 spiro atoms. The second kappa shape index (κ2) is 6.52. The first-order chi connectivity index (χ1) is 10.7. The summed E-state index contributed by atoms with van der Waals surface area (Å²) in [6, 6.07) is 1.82. The van der Waals surface area contributed by atoms with Crippen LogP contribution >= 0.6 is 0 Å². The third-order valence-electron chi connectivity index (χ3n) is 4.73. The van der Waals surface area contributed by atoms with Crippen molar-refractivity contribution in [2.45, 2.75) is 32.2 Å². The molecule has 0 radical (unpaired) electrons. The number of aromatic amines is 1. The first-order valence-electron chi connectivity index (χ1n) is 8.12. The molecule has 1 aromatic rings. The Kier molecular flexibility index (Phi) is 4.47. The Morgan fingerprint density at radius 2 is 2.00 bits per heavy atom. The minimum atomic E-state index is -0.0197. The summed E-state index contributed by atoms with van der Waals surface area (Å²) in [4.78, 5) is 31.8. The lowest BCUT2D eigenvalue weighted by molar-refractivity contribution is -0.126. The van der Waals surface area contributed by atoms with Crippen molar-refractivity contribution in [1.82, 2.24) is 20.1 Å². The van der Waals surface area contributed by atoms with E-state index in [1.54, 1.807) is 6.20 Å². The summed E-state index contributed by atoms with van der Waals surface area (Å²) in [6.45, 7) is 5.63. The summed E-state index contributed by atoms with van der Waals surface area (Å²) < 4.78 is 0. The van der Waals surface area contributed by atoms with Gasteiger partial charge in [0.15, 0.2) is 0 Å². The first-order valence-corrected chi connectivity index (χ1v) is 8.12. The Labute approximate surface area is 130 Å². The lowest BCUT2D eigenvalue weighted by Crippen LogP contribution is -2.55. The van der Waals surface area contributed by atoms with Crippen LogP contribution in [0, 0.1) is 6.92 Å². The van der Waals surface area contributed by atoms with Crippen LogP contribution in [-0.4, -0.2) is 65.4 Å². The van der Waals surface area contributed by atoms with Crippen LogP contribution in [0.5, 0.6) is 0 Å². The molecule has 0 bridgehead atoms. The fourth-order valence-electron chi connectivity index (χ4n) is 3.36. The maximum atomic E-state index is 12.5. The average molecular weight is 304 g/mol. The van der Waals surface area contributed by atoms with Gasteiger partial charge in [0.2, 0.25) is 5.91 Å². The van der Waals surface area contributed by atoms with E-state index in [9.17, 15) is 9.59 Å². The van der Waals surface area contributed by atoms with Crippen LogP contribution in [0.1, 0.15) is 35.3 Å². The van der Waals surface area contributed by atoms with Crippen molar-refractivity contribution in [2.75, 3.05) is 32.7 Å². The minimum absolute atomic E-state index is 0.0197. The maximum absolute atomic E-state index is 12.5. The molecule has 2 aliphatic rings. The molecule has 2 saturated heterocycles. The van der Waals surface area contributed by atoms with Crippen molar-refractivity contribution >= 4 is 11.8 Å². The molecule has 2 fully saturated rings. The highest BCUT2D eigenvalue weighted by Crippen LogP contribution is 2.17. The molecule has 3 rings (SSSR count). The molecule has 0 aromatic carbocycles. The number of hydrogen-bond acceptors (Lipinski definition) is 3. The molecule has 6 nitrogen and oxygen atoms in total. The number of H-pyrrole nitrogens is 1. The van der Waals surface area contributed by atoms with Crippen LogP contribution in [0.4, 0.5) is 0 Å². The van der Waals surface area contributed by atoms with E-state index in [0.717, 1.165) is 50.2 Å². The smallest absolute Gasteiger partial charge is 0.255 e. The number of carbonyl (C=O) groups is 2. The van der Waals surface area contributed by atoms with Crippen LogP contribution in [0.3, 0.4) is 0 Å². The number of rotatable bonds is 2. The van der Waals surface area contributed by atoms with E-state index < -0.39 is 0 Å². The number of aryl methyl sites for hydroxylation is 1. The highest BCUT2D eigenvalue weighted by molar-refractivity contribution is 5.95. The van der Waals surface area contributed by atoms with Gasteiger partial charge in [0.25, 0.3) is 5.91 Å². The van der Waals surface area contributed by atoms with Crippen LogP contribution in [-0.2, 0) is 4.79 Å². The Morgan fingerprint density at radius 1 is 1.23 bits per heavy atom. The molecule has 3 heterocycles. The van der Waals surface area contributed by atoms with Gasteiger partial charge >= 0.3 is 0 Å². The molecule has 2 amide bonds. The molecule has 6 heteroatoms. The third kappa shape index (κ3) is 3.02. The molecular weight excluding hydrogens is 280 g/mol. The van der Waals surface area contributed by atoms with Gasteiger partial charge in [-0.2, -0.15) is 0 Å². The number of nitrogens with zero attached hydrogens (tertiary/aromatic N) is 2. The third-order valence-corrected chi connectivity index (χ3v) is 4.73. The van der Waals surface area contributed by atoms with Crippen LogP contribution in [0.15, 0.2) is 12.3 Å². The lowest BCUT2D eigenvalue weighted by atomic mass is 10.1. The van der Waals surface area contributed by atoms with Crippen molar-refractivity contribution in [3.8, 4) is 0 Å². The molecule has 1 atom stereocenters. The van der Waals surface area contributed by atoms with E-state index in [4.69, 9.17) is 0 Å². The predicted molar refractivity (Wildman–Crippen MR) is 83.7 cm³/mol. The number of piperazine rings is 1. The number of amides is 2. The van der Waals surface area contributed by atoms with Gasteiger partial charge in [-0.05, 0) is 32.3 Å². The standard InChI is InChI=1S/C16H24N4O2/c1-12-13(5-7-17-12)16(22)20-10-8-19(9-11-20)14-4-2-3-6-18-15(14)21/h5,7,14,17H,2-4,6,8-11H2,1H3,(H,18,21). The van der Waals surface area contributed by atoms with E-state index in [1.165, 1.54) is 0 Å². The number of carbonyl (C=O) groups excluding carboxylic acids is 2. The second-order valence-corrected chi connectivity index (χ2v) is 6.15. The quantitative estimate of drug-likeness (QED) is 0.847. The predicted octanol–water partition coefficient (Wildman–Crippen LogP) is 0.750. The summed E-state index contributed by atoms with van der Waals surface area (Å²) in [5.74, 6) is 0.238. The highest BCUT2D eigenvalue weighted by Gasteiger charge is 2.31. The molecular formula is C16H24N4O2. The van der Waals surface area contributed by atoms with Gasteiger partial charge in [0.1, 0.15) is 0 Å². The maximum Gasteiger partial charge on any atom is 0.255 e. The number of hydrogen-bond donors (Lipinski definition) is 2. The minimum Gasteiger partial charge on any atom is -0.365 e. The summed E-state index contributed by atoms with van der Waals surface area (Å²) in [6.07, 6.45) is 4.88. The van der Waals surface area contributed by atoms with Gasteiger partial charge in [-0.25, -0.2) is 0 Å². The molecule has 1 aromatic heterocycles. The summed E-state index contributed by atoms with van der Waals surface area (Å²) in [7, 11) is 0. The molecule has 1 unspecified atom stereocenters. The topological polar surface area (TPSA) is 68.4 Å². The Bertz CT molecular complexity index is 546. The van der Waals surface area contributed by atoms with E-state index >= 15 is 0 Å².